The highest BCUT2D eigenvalue weighted by atomic mass is 19.1. The van der Waals surface area contributed by atoms with Gasteiger partial charge in [-0.15, -0.1) is 0 Å². The molecule has 7 nitrogen and oxygen atoms in total. The molecular weight excluding hydrogens is 435 g/mol. The summed E-state index contributed by atoms with van der Waals surface area (Å²) in [4.78, 5) is 24.1. The first-order valence-corrected chi connectivity index (χ1v) is 11.2. The lowest BCUT2D eigenvalue weighted by molar-refractivity contribution is 0.0784. The van der Waals surface area contributed by atoms with E-state index in [0.29, 0.717) is 35.3 Å². The lowest BCUT2D eigenvalue weighted by Gasteiger charge is -2.40. The minimum absolute atomic E-state index is 0.00225. The molecular formula is C26H25FN4O3. The summed E-state index contributed by atoms with van der Waals surface area (Å²) in [6.45, 7) is 3.08. The third-order valence-electron chi connectivity index (χ3n) is 6.40. The Morgan fingerprint density at radius 1 is 1.21 bits per heavy atom. The highest BCUT2D eigenvalue weighted by Gasteiger charge is 2.32. The molecule has 34 heavy (non-hydrogen) atoms. The average Bonchev–Trinajstić information content (AvgIpc) is 3.26. The molecule has 0 aliphatic carbocycles. The lowest BCUT2D eigenvalue weighted by Crippen LogP contribution is -2.55. The van der Waals surface area contributed by atoms with Crippen LogP contribution in [-0.2, 0) is 6.42 Å². The predicted octanol–water partition coefficient (Wildman–Crippen LogP) is 3.60. The number of piperidine rings is 1. The Labute approximate surface area is 196 Å². The van der Waals surface area contributed by atoms with Crippen LogP contribution in [0.15, 0.2) is 65.5 Å². The molecule has 3 aromatic heterocycles. The van der Waals surface area contributed by atoms with Crippen LogP contribution < -0.4 is 10.6 Å². The number of nitrogens with zero attached hydrogens (tertiary/aromatic N) is 3. The van der Waals surface area contributed by atoms with E-state index >= 15 is 0 Å². The Balaban J connectivity index is 1.44. The van der Waals surface area contributed by atoms with Gasteiger partial charge in [0.2, 0.25) is 0 Å². The Morgan fingerprint density at radius 2 is 2.03 bits per heavy atom. The molecule has 1 fully saturated rings. The second kappa shape index (κ2) is 8.96. The number of hydrogen-bond donors (Lipinski definition) is 2. The Hall–Kier alpha value is -3.62. The van der Waals surface area contributed by atoms with Crippen molar-refractivity contribution in [2.45, 2.75) is 25.5 Å². The number of fused-ring (bicyclic) bond motifs is 1. The number of rotatable bonds is 5. The molecule has 3 N–H and O–H groups in total. The predicted molar refractivity (Wildman–Crippen MR) is 127 cm³/mol. The maximum atomic E-state index is 14.4. The number of pyridine rings is 2. The van der Waals surface area contributed by atoms with Crippen molar-refractivity contribution >= 4 is 22.6 Å². The van der Waals surface area contributed by atoms with Gasteiger partial charge in [-0.3, -0.25) is 9.78 Å². The normalized spacial score (nSPS) is 20.6. The fourth-order valence-corrected chi connectivity index (χ4v) is 4.58. The zero-order valence-electron chi connectivity index (χ0n) is 18.7. The average molecular weight is 461 g/mol. The zero-order chi connectivity index (χ0) is 23.8. The number of aromatic nitrogens is 2. The number of furan rings is 1. The summed E-state index contributed by atoms with van der Waals surface area (Å²) >= 11 is 0. The van der Waals surface area contributed by atoms with Gasteiger partial charge >= 0.3 is 0 Å². The SMILES string of the molecule is C[C@H]1CN(c2ccncc2CC(=O)c2ccc3occ(-c4ccccc4F)c3n2)C[C@@H](N)[C@@H]1O. The number of carbonyl (C=O) groups is 1. The second-order valence-electron chi connectivity index (χ2n) is 8.81. The molecule has 5 rings (SSSR count). The van der Waals surface area contributed by atoms with Crippen LogP contribution in [-0.4, -0.2) is 46.1 Å². The number of halogens is 1. The van der Waals surface area contributed by atoms with Crippen LogP contribution >= 0.6 is 0 Å². The lowest BCUT2D eigenvalue weighted by atomic mass is 9.92. The summed E-state index contributed by atoms with van der Waals surface area (Å²) in [7, 11) is 0. The van der Waals surface area contributed by atoms with E-state index in [1.807, 2.05) is 13.0 Å². The molecule has 174 valence electrons. The van der Waals surface area contributed by atoms with Crippen LogP contribution in [0.3, 0.4) is 0 Å². The number of Topliss-reactive ketones (excluding diaryl/α,β-unsaturated/α-hetero) is 1. The third-order valence-corrected chi connectivity index (χ3v) is 6.40. The van der Waals surface area contributed by atoms with Gasteiger partial charge in [0.05, 0.1) is 6.10 Å². The van der Waals surface area contributed by atoms with Gasteiger partial charge in [-0.2, -0.15) is 0 Å². The first-order chi connectivity index (χ1) is 16.4. The first-order valence-electron chi connectivity index (χ1n) is 11.2. The Morgan fingerprint density at radius 3 is 2.82 bits per heavy atom. The maximum absolute atomic E-state index is 14.4. The van der Waals surface area contributed by atoms with Crippen molar-refractivity contribution in [2.24, 2.45) is 11.7 Å². The van der Waals surface area contributed by atoms with Gasteiger partial charge in [0.25, 0.3) is 0 Å². The molecule has 0 spiro atoms. The summed E-state index contributed by atoms with van der Waals surface area (Å²) in [5, 5.41) is 10.2. The van der Waals surface area contributed by atoms with Crippen molar-refractivity contribution in [1.82, 2.24) is 9.97 Å². The van der Waals surface area contributed by atoms with Gasteiger partial charge in [-0.05, 0) is 24.3 Å². The number of aliphatic hydroxyl groups excluding tert-OH is 1. The van der Waals surface area contributed by atoms with E-state index in [1.165, 1.54) is 12.3 Å². The van der Waals surface area contributed by atoms with Crippen LogP contribution in [0.25, 0.3) is 22.2 Å². The highest BCUT2D eigenvalue weighted by Crippen LogP contribution is 2.32. The second-order valence-corrected chi connectivity index (χ2v) is 8.81. The number of nitrogens with two attached hydrogens (primary N) is 1. The van der Waals surface area contributed by atoms with Gasteiger partial charge in [0.1, 0.15) is 23.3 Å². The minimum Gasteiger partial charge on any atom is -0.462 e. The molecule has 1 aliphatic heterocycles. The molecule has 0 radical (unpaired) electrons. The monoisotopic (exact) mass is 460 g/mol. The maximum Gasteiger partial charge on any atom is 0.185 e. The summed E-state index contributed by atoms with van der Waals surface area (Å²) in [6, 6.07) is 11.2. The molecule has 0 saturated carbocycles. The molecule has 0 bridgehead atoms. The van der Waals surface area contributed by atoms with E-state index in [4.69, 9.17) is 10.2 Å². The quantitative estimate of drug-likeness (QED) is 0.439. The van der Waals surface area contributed by atoms with E-state index in [2.05, 4.69) is 14.9 Å². The highest BCUT2D eigenvalue weighted by molar-refractivity contribution is 6.00. The fourth-order valence-electron chi connectivity index (χ4n) is 4.58. The van der Waals surface area contributed by atoms with Crippen LogP contribution in [0.1, 0.15) is 23.0 Å². The minimum atomic E-state index is -0.558. The molecule has 3 atom stereocenters. The van der Waals surface area contributed by atoms with Gasteiger partial charge in [-0.25, -0.2) is 9.37 Å². The van der Waals surface area contributed by atoms with Gasteiger partial charge < -0.3 is 20.2 Å². The van der Waals surface area contributed by atoms with Crippen LogP contribution in [0.2, 0.25) is 0 Å². The van der Waals surface area contributed by atoms with E-state index in [-0.39, 0.29) is 35.7 Å². The van der Waals surface area contributed by atoms with Gasteiger partial charge in [-0.1, -0.05) is 25.1 Å². The molecule has 0 unspecified atom stereocenters. The van der Waals surface area contributed by atoms with E-state index in [9.17, 15) is 14.3 Å². The molecule has 1 saturated heterocycles. The number of ketones is 1. The van der Waals surface area contributed by atoms with Crippen LogP contribution in [0.4, 0.5) is 10.1 Å². The molecule has 4 aromatic rings. The van der Waals surface area contributed by atoms with Crippen LogP contribution in [0.5, 0.6) is 0 Å². The number of benzene rings is 1. The number of aliphatic hydroxyl groups is 1. The summed E-state index contributed by atoms with van der Waals surface area (Å²) < 4.78 is 19.9. The Bertz CT molecular complexity index is 1340. The van der Waals surface area contributed by atoms with Crippen molar-refractivity contribution in [3.05, 3.63) is 78.2 Å². The van der Waals surface area contributed by atoms with E-state index < -0.39 is 6.10 Å². The largest absolute Gasteiger partial charge is 0.462 e. The van der Waals surface area contributed by atoms with Gasteiger partial charge in [0.15, 0.2) is 11.4 Å². The smallest absolute Gasteiger partial charge is 0.185 e. The number of anilines is 1. The molecule has 1 aromatic carbocycles. The number of hydrogen-bond acceptors (Lipinski definition) is 7. The number of carbonyl (C=O) groups excluding carboxylic acids is 1. The van der Waals surface area contributed by atoms with Crippen molar-refractivity contribution < 1.29 is 18.7 Å². The van der Waals surface area contributed by atoms with Crippen molar-refractivity contribution in [2.75, 3.05) is 18.0 Å². The first kappa shape index (κ1) is 22.2. The summed E-state index contributed by atoms with van der Waals surface area (Å²) in [6.07, 6.45) is 4.35. The van der Waals surface area contributed by atoms with Gasteiger partial charge in [0, 0.05) is 66.2 Å². The topological polar surface area (TPSA) is 105 Å². The van der Waals surface area contributed by atoms with Crippen LogP contribution in [0, 0.1) is 11.7 Å². The van der Waals surface area contributed by atoms with Crippen molar-refractivity contribution in [3.8, 4) is 11.1 Å². The van der Waals surface area contributed by atoms with Crippen molar-refractivity contribution in [1.29, 1.82) is 0 Å². The molecule has 8 heteroatoms. The summed E-state index contributed by atoms with van der Waals surface area (Å²) in [5.41, 5.74) is 9.81. The van der Waals surface area contributed by atoms with Crippen molar-refractivity contribution in [3.63, 3.8) is 0 Å². The van der Waals surface area contributed by atoms with E-state index in [0.717, 1.165) is 11.3 Å². The summed E-state index contributed by atoms with van der Waals surface area (Å²) in [5.74, 6) is -0.573. The Kier molecular flexibility index (Phi) is 5.85. The fraction of sp³-hybridized carbons (Fsp3) is 0.269. The standard InChI is InChI=1S/C26H25FN4O3/c1-15-12-31(13-20(28)26(15)33)22-8-9-29-11-16(22)10-23(32)21-6-7-24-25(30-21)18(14-34-24)17-4-2-3-5-19(17)27/h2-9,11,14-15,20,26,33H,10,12-13,28H2,1H3/t15-,20+,26+/m0/s1. The van der Waals surface area contributed by atoms with E-state index in [1.54, 1.807) is 42.7 Å². The molecule has 0 amide bonds. The third kappa shape index (κ3) is 4.06. The molecule has 1 aliphatic rings. The molecule has 4 heterocycles. The zero-order valence-corrected chi connectivity index (χ0v) is 18.7.